The van der Waals surface area contributed by atoms with Gasteiger partial charge in [-0.05, 0) is 15.9 Å². The third-order valence-electron chi connectivity index (χ3n) is 1.88. The van der Waals surface area contributed by atoms with Crippen molar-refractivity contribution >= 4 is 27.8 Å². The Labute approximate surface area is 108 Å². The van der Waals surface area contributed by atoms with Crippen LogP contribution in [0.3, 0.4) is 0 Å². The van der Waals surface area contributed by atoms with Crippen molar-refractivity contribution in [2.45, 2.75) is 6.42 Å². The molecular weight excluding hydrogens is 288 g/mol. The summed E-state index contributed by atoms with van der Waals surface area (Å²) in [5, 5.41) is 5.68. The number of rotatable bonds is 7. The molecule has 0 unspecified atom stereocenters. The second-order valence-electron chi connectivity index (χ2n) is 3.24. The highest BCUT2D eigenvalue weighted by atomic mass is 79.9. The number of carbonyl (C=O) groups excluding carboxylic acids is 1. The van der Waals surface area contributed by atoms with Crippen LogP contribution in [0, 0.1) is 0 Å². The molecule has 0 aliphatic rings. The molecule has 1 rings (SSSR count). The number of hydrogen-bond donors (Lipinski definition) is 2. The molecule has 0 radical (unpaired) electrons. The molecule has 17 heavy (non-hydrogen) atoms. The molecule has 0 bridgehead atoms. The van der Waals surface area contributed by atoms with Gasteiger partial charge in [-0.15, -0.1) is 0 Å². The van der Waals surface area contributed by atoms with Crippen molar-refractivity contribution in [3.8, 4) is 0 Å². The molecule has 0 saturated heterocycles. The average Bonchev–Trinajstić information content (AvgIpc) is 2.32. The Kier molecular flexibility index (Phi) is 6.49. The number of carbonyl (C=O) groups is 1. The van der Waals surface area contributed by atoms with Gasteiger partial charge in [-0.2, -0.15) is 0 Å². The summed E-state index contributed by atoms with van der Waals surface area (Å²) in [7, 11) is 1.60. The lowest BCUT2D eigenvalue weighted by atomic mass is 10.4. The summed E-state index contributed by atoms with van der Waals surface area (Å²) in [6.07, 6.45) is 3.67. The molecule has 0 aromatic carbocycles. The smallest absolute Gasteiger partial charge is 0.222 e. The Morgan fingerprint density at radius 3 is 2.76 bits per heavy atom. The highest BCUT2D eigenvalue weighted by Gasteiger charge is 2.01. The first-order valence-electron chi connectivity index (χ1n) is 5.19. The van der Waals surface area contributed by atoms with Crippen LogP contribution < -0.4 is 10.6 Å². The first-order chi connectivity index (χ1) is 8.22. The number of nitrogens with one attached hydrogen (secondary N) is 2. The fourth-order valence-electron chi connectivity index (χ4n) is 1.07. The van der Waals surface area contributed by atoms with Gasteiger partial charge in [0.1, 0.15) is 0 Å². The highest BCUT2D eigenvalue weighted by molar-refractivity contribution is 9.10. The number of hydrogen-bond acceptors (Lipinski definition) is 5. The summed E-state index contributed by atoms with van der Waals surface area (Å²) < 4.78 is 5.64. The first-order valence-corrected chi connectivity index (χ1v) is 5.98. The van der Waals surface area contributed by atoms with Crippen LogP contribution in [0.1, 0.15) is 6.42 Å². The highest BCUT2D eigenvalue weighted by Crippen LogP contribution is 2.06. The summed E-state index contributed by atoms with van der Waals surface area (Å²) >= 11 is 3.24. The van der Waals surface area contributed by atoms with E-state index in [1.54, 1.807) is 19.5 Å². The molecule has 7 heteroatoms. The molecule has 0 saturated carbocycles. The van der Waals surface area contributed by atoms with Gasteiger partial charge in [0, 0.05) is 39.0 Å². The number of aromatic nitrogens is 2. The second kappa shape index (κ2) is 7.97. The molecule has 0 fully saturated rings. The van der Waals surface area contributed by atoms with Crippen molar-refractivity contribution < 1.29 is 9.53 Å². The van der Waals surface area contributed by atoms with Crippen LogP contribution in [0.4, 0.5) is 5.95 Å². The molecule has 94 valence electrons. The molecule has 0 atom stereocenters. The summed E-state index contributed by atoms with van der Waals surface area (Å²) in [5.41, 5.74) is 0. The normalized spacial score (nSPS) is 10.0. The van der Waals surface area contributed by atoms with Gasteiger partial charge >= 0.3 is 0 Å². The fourth-order valence-corrected chi connectivity index (χ4v) is 1.28. The fraction of sp³-hybridized carbons (Fsp3) is 0.500. The van der Waals surface area contributed by atoms with Crippen LogP contribution in [0.15, 0.2) is 16.9 Å². The van der Waals surface area contributed by atoms with Crippen LogP contribution >= 0.6 is 15.9 Å². The summed E-state index contributed by atoms with van der Waals surface area (Å²) in [4.78, 5) is 19.4. The van der Waals surface area contributed by atoms with Crippen LogP contribution in [-0.4, -0.2) is 42.7 Å². The van der Waals surface area contributed by atoms with E-state index in [4.69, 9.17) is 4.74 Å². The van der Waals surface area contributed by atoms with E-state index < -0.39 is 0 Å². The van der Waals surface area contributed by atoms with E-state index in [1.165, 1.54) is 0 Å². The van der Waals surface area contributed by atoms with Gasteiger partial charge in [0.15, 0.2) is 0 Å². The lowest BCUT2D eigenvalue weighted by molar-refractivity contribution is -0.121. The van der Waals surface area contributed by atoms with E-state index in [2.05, 4.69) is 36.5 Å². The predicted octanol–water partition coefficient (Wildman–Crippen LogP) is 0.804. The Bertz CT molecular complexity index is 345. The van der Waals surface area contributed by atoms with E-state index in [0.717, 1.165) is 4.47 Å². The maximum absolute atomic E-state index is 11.3. The zero-order valence-electron chi connectivity index (χ0n) is 9.57. The number of methoxy groups -OCH3 is 1. The molecule has 1 heterocycles. The lowest BCUT2D eigenvalue weighted by Gasteiger charge is -2.05. The zero-order valence-corrected chi connectivity index (χ0v) is 11.2. The van der Waals surface area contributed by atoms with E-state index in [0.29, 0.717) is 32.1 Å². The number of anilines is 1. The van der Waals surface area contributed by atoms with Crippen molar-refractivity contribution in [3.05, 3.63) is 16.9 Å². The predicted molar refractivity (Wildman–Crippen MR) is 67.7 cm³/mol. The van der Waals surface area contributed by atoms with Gasteiger partial charge in [0.25, 0.3) is 0 Å². The zero-order chi connectivity index (χ0) is 12.5. The molecular formula is C10H15BrN4O2. The number of ether oxygens (including phenoxy) is 1. The van der Waals surface area contributed by atoms with Crippen molar-refractivity contribution in [3.63, 3.8) is 0 Å². The lowest BCUT2D eigenvalue weighted by Crippen LogP contribution is -2.28. The van der Waals surface area contributed by atoms with Gasteiger partial charge in [-0.1, -0.05) is 0 Å². The van der Waals surface area contributed by atoms with Gasteiger partial charge in [0.05, 0.1) is 11.1 Å². The van der Waals surface area contributed by atoms with E-state index in [1.807, 2.05) is 0 Å². The van der Waals surface area contributed by atoms with Gasteiger partial charge < -0.3 is 15.4 Å². The minimum atomic E-state index is -0.0216. The van der Waals surface area contributed by atoms with E-state index >= 15 is 0 Å². The number of nitrogens with zero attached hydrogens (tertiary/aromatic N) is 2. The molecule has 0 aliphatic heterocycles. The van der Waals surface area contributed by atoms with Crippen LogP contribution in [0.5, 0.6) is 0 Å². The maximum Gasteiger partial charge on any atom is 0.222 e. The molecule has 1 aromatic heterocycles. The minimum absolute atomic E-state index is 0.0216. The van der Waals surface area contributed by atoms with E-state index in [9.17, 15) is 4.79 Å². The molecule has 0 spiro atoms. The van der Waals surface area contributed by atoms with E-state index in [-0.39, 0.29) is 5.91 Å². The minimum Gasteiger partial charge on any atom is -0.383 e. The van der Waals surface area contributed by atoms with Crippen molar-refractivity contribution in [1.29, 1.82) is 0 Å². The molecule has 2 N–H and O–H groups in total. The third-order valence-corrected chi connectivity index (χ3v) is 2.29. The standard InChI is InChI=1S/C10H15BrN4O2/c1-17-5-4-12-9(16)2-3-13-10-14-6-8(11)7-15-10/h6-7H,2-5H2,1H3,(H,12,16)(H,13,14,15). The average molecular weight is 303 g/mol. The Balaban J connectivity index is 2.14. The SMILES string of the molecule is COCCNC(=O)CCNc1ncc(Br)cn1. The van der Waals surface area contributed by atoms with Gasteiger partial charge in [-0.3, -0.25) is 4.79 Å². The third kappa shape index (κ3) is 6.18. The van der Waals surface area contributed by atoms with Crippen LogP contribution in [-0.2, 0) is 9.53 Å². The second-order valence-corrected chi connectivity index (χ2v) is 4.16. The number of amides is 1. The Morgan fingerprint density at radius 1 is 1.41 bits per heavy atom. The topological polar surface area (TPSA) is 76.1 Å². The molecule has 1 aromatic rings. The monoisotopic (exact) mass is 302 g/mol. The quantitative estimate of drug-likeness (QED) is 0.729. The van der Waals surface area contributed by atoms with Crippen molar-refractivity contribution in [2.75, 3.05) is 32.1 Å². The maximum atomic E-state index is 11.3. The largest absolute Gasteiger partial charge is 0.383 e. The Hall–Kier alpha value is -1.21. The molecule has 6 nitrogen and oxygen atoms in total. The molecule has 1 amide bonds. The van der Waals surface area contributed by atoms with Gasteiger partial charge in [-0.25, -0.2) is 9.97 Å². The Morgan fingerprint density at radius 2 is 2.12 bits per heavy atom. The van der Waals surface area contributed by atoms with Crippen molar-refractivity contribution in [2.24, 2.45) is 0 Å². The van der Waals surface area contributed by atoms with Crippen molar-refractivity contribution in [1.82, 2.24) is 15.3 Å². The van der Waals surface area contributed by atoms with Crippen LogP contribution in [0.2, 0.25) is 0 Å². The number of halogens is 1. The summed E-state index contributed by atoms with van der Waals surface area (Å²) in [6.45, 7) is 1.56. The first kappa shape index (κ1) is 13.9. The molecule has 0 aliphatic carbocycles. The summed E-state index contributed by atoms with van der Waals surface area (Å²) in [5.74, 6) is 0.490. The summed E-state index contributed by atoms with van der Waals surface area (Å²) in [6, 6.07) is 0. The van der Waals surface area contributed by atoms with Gasteiger partial charge in [0.2, 0.25) is 11.9 Å². The van der Waals surface area contributed by atoms with Crippen LogP contribution in [0.25, 0.3) is 0 Å².